The molecule has 5 saturated carbocycles. The molecule has 4 bridgehead atoms. The van der Waals surface area contributed by atoms with Crippen molar-refractivity contribution < 1.29 is 4.79 Å². The van der Waals surface area contributed by atoms with Crippen LogP contribution in [0.25, 0.3) is 0 Å². The molecule has 3 atom stereocenters. The third kappa shape index (κ3) is 1.19. The molecular weight excluding hydrogens is 208 g/mol. The minimum Gasteiger partial charge on any atom is -0.299 e. The lowest BCUT2D eigenvalue weighted by Gasteiger charge is -2.67. The highest BCUT2D eigenvalue weighted by Gasteiger charge is 2.65. The molecule has 1 heteroatoms. The first-order valence-corrected chi connectivity index (χ1v) is 7.66. The van der Waals surface area contributed by atoms with Crippen molar-refractivity contribution in [1.82, 2.24) is 0 Å². The Kier molecular flexibility index (Phi) is 1.97. The molecule has 1 spiro atoms. The van der Waals surface area contributed by atoms with E-state index in [9.17, 15) is 4.79 Å². The number of hydrogen-bond donors (Lipinski definition) is 0. The molecule has 0 aromatic rings. The Hall–Kier alpha value is -0.330. The lowest BCUT2D eigenvalue weighted by atomic mass is 9.36. The van der Waals surface area contributed by atoms with E-state index < -0.39 is 0 Å². The summed E-state index contributed by atoms with van der Waals surface area (Å²) in [5, 5.41) is 0. The second kappa shape index (κ2) is 3.16. The maximum absolute atomic E-state index is 12.3. The second-order valence-corrected chi connectivity index (χ2v) is 7.66. The molecule has 0 amide bonds. The van der Waals surface area contributed by atoms with Gasteiger partial charge in [-0.05, 0) is 75.0 Å². The summed E-state index contributed by atoms with van der Waals surface area (Å²) in [6, 6.07) is 0. The summed E-state index contributed by atoms with van der Waals surface area (Å²) in [4.78, 5) is 12.3. The maximum atomic E-state index is 12.3. The van der Waals surface area contributed by atoms with Gasteiger partial charge in [0.05, 0.1) is 0 Å². The van der Waals surface area contributed by atoms with Gasteiger partial charge in [0.2, 0.25) is 0 Å². The van der Waals surface area contributed by atoms with Gasteiger partial charge in [0.1, 0.15) is 5.78 Å². The number of ketones is 1. The fourth-order valence-electron chi connectivity index (χ4n) is 6.77. The van der Waals surface area contributed by atoms with Gasteiger partial charge in [-0.2, -0.15) is 0 Å². The number of Topliss-reactive ketones (excluding diaryl/α,β-unsaturated/α-hetero) is 1. The lowest BCUT2D eigenvalue weighted by molar-refractivity contribution is -0.189. The predicted octanol–water partition coefficient (Wildman–Crippen LogP) is 3.96. The molecule has 0 aromatic heterocycles. The zero-order valence-electron chi connectivity index (χ0n) is 11.0. The topological polar surface area (TPSA) is 17.1 Å². The Balaban J connectivity index is 1.83. The van der Waals surface area contributed by atoms with Crippen molar-refractivity contribution >= 4 is 5.78 Å². The molecule has 5 aliphatic rings. The van der Waals surface area contributed by atoms with Gasteiger partial charge in [-0.15, -0.1) is 0 Å². The largest absolute Gasteiger partial charge is 0.299 e. The molecule has 5 fully saturated rings. The van der Waals surface area contributed by atoms with Gasteiger partial charge in [0.15, 0.2) is 0 Å². The molecule has 0 aliphatic heterocycles. The first kappa shape index (κ1) is 10.6. The van der Waals surface area contributed by atoms with E-state index in [1.165, 1.54) is 57.8 Å². The van der Waals surface area contributed by atoms with Crippen LogP contribution < -0.4 is 0 Å². The van der Waals surface area contributed by atoms with E-state index in [0.717, 1.165) is 17.8 Å². The monoisotopic (exact) mass is 232 g/mol. The quantitative estimate of drug-likeness (QED) is 0.668. The summed E-state index contributed by atoms with van der Waals surface area (Å²) in [6.45, 7) is 1.90. The minimum atomic E-state index is 0.143. The number of hydrogen-bond acceptors (Lipinski definition) is 1. The second-order valence-electron chi connectivity index (χ2n) is 7.66. The normalized spacial score (nSPS) is 55.7. The molecule has 94 valence electrons. The third-order valence-corrected chi connectivity index (χ3v) is 6.89. The Labute approximate surface area is 104 Å². The van der Waals surface area contributed by atoms with Crippen LogP contribution in [-0.4, -0.2) is 5.78 Å². The van der Waals surface area contributed by atoms with Gasteiger partial charge in [0.25, 0.3) is 0 Å². The molecule has 17 heavy (non-hydrogen) atoms. The Morgan fingerprint density at radius 3 is 2.41 bits per heavy atom. The summed E-state index contributed by atoms with van der Waals surface area (Å²) < 4.78 is 0. The van der Waals surface area contributed by atoms with Crippen LogP contribution in [0, 0.1) is 28.6 Å². The van der Waals surface area contributed by atoms with E-state index in [1.807, 2.05) is 6.92 Å². The van der Waals surface area contributed by atoms with Crippen LogP contribution in [-0.2, 0) is 4.79 Å². The van der Waals surface area contributed by atoms with Crippen LogP contribution in [0.4, 0.5) is 0 Å². The zero-order chi connectivity index (χ0) is 11.7. The SMILES string of the molecule is CC(=O)C12CC3CC(CC4(CCCCC41)C3)C2. The van der Waals surface area contributed by atoms with Crippen molar-refractivity contribution in [3.8, 4) is 0 Å². The summed E-state index contributed by atoms with van der Waals surface area (Å²) in [5.41, 5.74) is 0.762. The van der Waals surface area contributed by atoms with Gasteiger partial charge in [0, 0.05) is 5.41 Å². The maximum Gasteiger partial charge on any atom is 0.136 e. The molecule has 3 unspecified atom stereocenters. The highest BCUT2D eigenvalue weighted by molar-refractivity contribution is 5.83. The van der Waals surface area contributed by atoms with Crippen LogP contribution in [0.15, 0.2) is 0 Å². The molecule has 0 heterocycles. The first-order valence-electron chi connectivity index (χ1n) is 7.66. The van der Waals surface area contributed by atoms with E-state index in [-0.39, 0.29) is 5.41 Å². The van der Waals surface area contributed by atoms with Gasteiger partial charge >= 0.3 is 0 Å². The van der Waals surface area contributed by atoms with E-state index in [4.69, 9.17) is 0 Å². The van der Waals surface area contributed by atoms with Gasteiger partial charge in [-0.1, -0.05) is 12.8 Å². The number of carbonyl (C=O) groups excluding carboxylic acids is 1. The van der Waals surface area contributed by atoms with Crippen LogP contribution in [0.1, 0.15) is 64.7 Å². The molecule has 5 aliphatic carbocycles. The summed E-state index contributed by atoms with van der Waals surface area (Å²) in [5.74, 6) is 3.12. The standard InChI is InChI=1S/C16H24O/c1-11(17)16-9-12-6-13(10-16)8-15(7-12)5-3-2-4-14(15)16/h12-14H,2-10H2,1H3. The Bertz CT molecular complexity index is 356. The third-order valence-electron chi connectivity index (χ3n) is 6.89. The van der Waals surface area contributed by atoms with Crippen LogP contribution in [0.2, 0.25) is 0 Å². The zero-order valence-corrected chi connectivity index (χ0v) is 11.0. The van der Waals surface area contributed by atoms with Crippen molar-refractivity contribution in [1.29, 1.82) is 0 Å². The fourth-order valence-corrected chi connectivity index (χ4v) is 6.77. The van der Waals surface area contributed by atoms with Crippen molar-refractivity contribution in [2.24, 2.45) is 28.6 Å². The van der Waals surface area contributed by atoms with Gasteiger partial charge in [-0.3, -0.25) is 4.79 Å². The van der Waals surface area contributed by atoms with Crippen molar-refractivity contribution in [3.63, 3.8) is 0 Å². The van der Waals surface area contributed by atoms with E-state index in [2.05, 4.69) is 0 Å². The van der Waals surface area contributed by atoms with Crippen LogP contribution >= 0.6 is 0 Å². The van der Waals surface area contributed by atoms with Gasteiger partial charge in [-0.25, -0.2) is 0 Å². The van der Waals surface area contributed by atoms with E-state index >= 15 is 0 Å². The van der Waals surface area contributed by atoms with Crippen molar-refractivity contribution in [2.75, 3.05) is 0 Å². The molecule has 0 radical (unpaired) electrons. The first-order chi connectivity index (χ1) is 8.15. The lowest BCUT2D eigenvalue weighted by Crippen LogP contribution is -2.61. The average molecular weight is 232 g/mol. The highest BCUT2D eigenvalue weighted by Crippen LogP contribution is 2.71. The van der Waals surface area contributed by atoms with Crippen LogP contribution in [0.3, 0.4) is 0 Å². The predicted molar refractivity (Wildman–Crippen MR) is 67.6 cm³/mol. The Morgan fingerprint density at radius 1 is 1.06 bits per heavy atom. The summed E-state index contributed by atoms with van der Waals surface area (Å²) in [6.07, 6.45) is 12.5. The van der Waals surface area contributed by atoms with Gasteiger partial charge < -0.3 is 0 Å². The number of rotatable bonds is 1. The van der Waals surface area contributed by atoms with Crippen molar-refractivity contribution in [2.45, 2.75) is 64.7 Å². The molecule has 5 rings (SSSR count). The molecule has 1 nitrogen and oxygen atoms in total. The minimum absolute atomic E-state index is 0.143. The van der Waals surface area contributed by atoms with Crippen LogP contribution in [0.5, 0.6) is 0 Å². The number of carbonyl (C=O) groups is 1. The fraction of sp³-hybridized carbons (Fsp3) is 0.938. The average Bonchev–Trinajstić information content (AvgIpc) is 2.27. The summed E-state index contributed by atoms with van der Waals surface area (Å²) >= 11 is 0. The Morgan fingerprint density at radius 2 is 1.76 bits per heavy atom. The van der Waals surface area contributed by atoms with Crippen molar-refractivity contribution in [3.05, 3.63) is 0 Å². The highest BCUT2D eigenvalue weighted by atomic mass is 16.1. The molecular formula is C16H24O. The molecule has 0 N–H and O–H groups in total. The smallest absolute Gasteiger partial charge is 0.136 e. The molecule has 0 saturated heterocycles. The summed E-state index contributed by atoms with van der Waals surface area (Å²) in [7, 11) is 0. The molecule has 0 aromatic carbocycles. The van der Waals surface area contributed by atoms with E-state index in [0.29, 0.717) is 11.2 Å². The van der Waals surface area contributed by atoms with E-state index in [1.54, 1.807) is 0 Å².